The Morgan fingerprint density at radius 1 is 1.25 bits per heavy atom. The molecule has 1 aromatic rings. The monoisotopic (exact) mass is 278 g/mol. The van der Waals surface area contributed by atoms with E-state index in [0.29, 0.717) is 5.69 Å². The number of ether oxygens (including phenoxy) is 1. The van der Waals surface area contributed by atoms with Gasteiger partial charge in [0, 0.05) is 17.8 Å². The Balaban J connectivity index is 1.77. The lowest BCUT2D eigenvalue weighted by molar-refractivity contribution is -0.384. The summed E-state index contributed by atoms with van der Waals surface area (Å²) >= 11 is 0. The molecule has 2 rings (SSSR count). The van der Waals surface area contributed by atoms with Crippen LogP contribution in [0.4, 0.5) is 11.4 Å². The Morgan fingerprint density at radius 2 is 1.90 bits per heavy atom. The zero-order valence-corrected chi connectivity index (χ0v) is 11.2. The fourth-order valence-electron chi connectivity index (χ4n) is 2.29. The van der Waals surface area contributed by atoms with Crippen molar-refractivity contribution in [2.24, 2.45) is 0 Å². The van der Waals surface area contributed by atoms with Gasteiger partial charge in [0.1, 0.15) is 6.61 Å². The fraction of sp³-hybridized carbons (Fsp3) is 0.500. The lowest BCUT2D eigenvalue weighted by atomic mass is 9.98. The van der Waals surface area contributed by atoms with Gasteiger partial charge in [0.25, 0.3) is 5.69 Å². The third-order valence-electron chi connectivity index (χ3n) is 3.36. The number of nitro groups is 1. The number of carbonyl (C=O) groups is 1. The van der Waals surface area contributed by atoms with Crippen LogP contribution in [0.1, 0.15) is 32.1 Å². The van der Waals surface area contributed by atoms with E-state index in [1.54, 1.807) is 0 Å². The maximum Gasteiger partial charge on any atom is 0.269 e. The molecule has 1 N–H and O–H groups in total. The number of amides is 1. The molecular weight excluding hydrogens is 260 g/mol. The summed E-state index contributed by atoms with van der Waals surface area (Å²) in [7, 11) is 0. The highest BCUT2D eigenvalue weighted by atomic mass is 16.6. The van der Waals surface area contributed by atoms with Crippen molar-refractivity contribution in [2.75, 3.05) is 11.9 Å². The number of rotatable bonds is 5. The smallest absolute Gasteiger partial charge is 0.269 e. The molecule has 0 heterocycles. The van der Waals surface area contributed by atoms with Crippen LogP contribution in [-0.4, -0.2) is 23.5 Å². The van der Waals surface area contributed by atoms with Gasteiger partial charge in [-0.15, -0.1) is 0 Å². The number of nitrogens with zero attached hydrogens (tertiary/aromatic N) is 1. The van der Waals surface area contributed by atoms with E-state index in [0.717, 1.165) is 25.7 Å². The maximum absolute atomic E-state index is 11.7. The van der Waals surface area contributed by atoms with Crippen molar-refractivity contribution in [3.63, 3.8) is 0 Å². The van der Waals surface area contributed by atoms with Gasteiger partial charge in [0.2, 0.25) is 5.91 Å². The summed E-state index contributed by atoms with van der Waals surface area (Å²) in [5.41, 5.74) is 0.536. The Hall–Kier alpha value is -1.95. The summed E-state index contributed by atoms with van der Waals surface area (Å²) in [6, 6.07) is 5.74. The minimum Gasteiger partial charge on any atom is -0.368 e. The van der Waals surface area contributed by atoms with Crippen LogP contribution < -0.4 is 5.32 Å². The molecule has 0 spiro atoms. The predicted molar refractivity (Wildman–Crippen MR) is 74.6 cm³/mol. The molecule has 0 atom stereocenters. The minimum absolute atomic E-state index is 0.00135. The molecule has 0 aromatic heterocycles. The largest absolute Gasteiger partial charge is 0.368 e. The topological polar surface area (TPSA) is 81.5 Å². The molecule has 20 heavy (non-hydrogen) atoms. The average Bonchev–Trinajstić information content (AvgIpc) is 2.47. The van der Waals surface area contributed by atoms with Crippen molar-refractivity contribution in [3.8, 4) is 0 Å². The van der Waals surface area contributed by atoms with Crippen LogP contribution in [0.15, 0.2) is 24.3 Å². The summed E-state index contributed by atoms with van der Waals surface area (Å²) < 4.78 is 5.56. The van der Waals surface area contributed by atoms with E-state index in [2.05, 4.69) is 5.32 Å². The van der Waals surface area contributed by atoms with Crippen molar-refractivity contribution < 1.29 is 14.5 Å². The number of nitro benzene ring substituents is 1. The first-order valence-corrected chi connectivity index (χ1v) is 6.81. The van der Waals surface area contributed by atoms with Gasteiger partial charge in [-0.3, -0.25) is 14.9 Å². The third kappa shape index (κ3) is 4.31. The summed E-state index contributed by atoms with van der Waals surface area (Å²) in [4.78, 5) is 21.7. The van der Waals surface area contributed by atoms with Gasteiger partial charge in [-0.2, -0.15) is 0 Å². The highest BCUT2D eigenvalue weighted by Gasteiger charge is 2.15. The number of hydrogen-bond donors (Lipinski definition) is 1. The molecule has 0 radical (unpaired) electrons. The van der Waals surface area contributed by atoms with Crippen molar-refractivity contribution in [1.29, 1.82) is 0 Å². The maximum atomic E-state index is 11.7. The Morgan fingerprint density at radius 3 is 2.50 bits per heavy atom. The normalized spacial score (nSPS) is 15.8. The summed E-state index contributed by atoms with van der Waals surface area (Å²) in [5.74, 6) is -0.232. The SMILES string of the molecule is O=C(COC1CCCCC1)Nc1ccc([N+](=O)[O-])cc1. The van der Waals surface area contributed by atoms with Gasteiger partial charge < -0.3 is 10.1 Å². The molecule has 1 aliphatic carbocycles. The van der Waals surface area contributed by atoms with E-state index in [4.69, 9.17) is 4.74 Å². The van der Waals surface area contributed by atoms with Crippen LogP contribution in [0.2, 0.25) is 0 Å². The Kier molecular flexibility index (Phi) is 5.06. The number of anilines is 1. The van der Waals surface area contributed by atoms with Gasteiger partial charge in [-0.05, 0) is 25.0 Å². The van der Waals surface area contributed by atoms with Crippen LogP contribution in [0, 0.1) is 10.1 Å². The quantitative estimate of drug-likeness (QED) is 0.663. The standard InChI is InChI=1S/C14H18N2O4/c17-14(10-20-13-4-2-1-3-5-13)15-11-6-8-12(9-7-11)16(18)19/h6-9,13H,1-5,10H2,(H,15,17). The van der Waals surface area contributed by atoms with Gasteiger partial charge in [-0.1, -0.05) is 19.3 Å². The van der Waals surface area contributed by atoms with Crippen LogP contribution in [0.25, 0.3) is 0 Å². The third-order valence-corrected chi connectivity index (χ3v) is 3.36. The zero-order chi connectivity index (χ0) is 14.4. The van der Waals surface area contributed by atoms with E-state index >= 15 is 0 Å². The minimum atomic E-state index is -0.474. The van der Waals surface area contributed by atoms with E-state index in [9.17, 15) is 14.9 Å². The van der Waals surface area contributed by atoms with E-state index in [-0.39, 0.29) is 24.3 Å². The first-order valence-electron chi connectivity index (χ1n) is 6.81. The Bertz CT molecular complexity index is 467. The van der Waals surface area contributed by atoms with Crippen molar-refractivity contribution in [3.05, 3.63) is 34.4 Å². The van der Waals surface area contributed by atoms with Gasteiger partial charge in [0.05, 0.1) is 11.0 Å². The number of non-ortho nitro benzene ring substituents is 1. The highest BCUT2D eigenvalue weighted by molar-refractivity contribution is 5.91. The molecule has 6 nitrogen and oxygen atoms in total. The molecule has 1 saturated carbocycles. The first kappa shape index (κ1) is 14.5. The Labute approximate surface area is 117 Å². The van der Waals surface area contributed by atoms with Gasteiger partial charge in [0.15, 0.2) is 0 Å². The molecule has 0 aliphatic heterocycles. The second-order valence-electron chi connectivity index (χ2n) is 4.92. The first-order chi connectivity index (χ1) is 9.65. The van der Waals surface area contributed by atoms with Crippen LogP contribution in [0.3, 0.4) is 0 Å². The number of benzene rings is 1. The molecule has 0 bridgehead atoms. The van der Waals surface area contributed by atoms with Crippen LogP contribution in [-0.2, 0) is 9.53 Å². The van der Waals surface area contributed by atoms with Crippen LogP contribution in [0.5, 0.6) is 0 Å². The second kappa shape index (κ2) is 7.00. The van der Waals surface area contributed by atoms with Crippen molar-refractivity contribution >= 4 is 17.3 Å². The van der Waals surface area contributed by atoms with Crippen LogP contribution >= 0.6 is 0 Å². The number of carbonyl (C=O) groups excluding carboxylic acids is 1. The molecule has 0 saturated heterocycles. The average molecular weight is 278 g/mol. The number of hydrogen-bond acceptors (Lipinski definition) is 4. The lowest BCUT2D eigenvalue weighted by Crippen LogP contribution is -2.24. The lowest BCUT2D eigenvalue weighted by Gasteiger charge is -2.21. The highest BCUT2D eigenvalue weighted by Crippen LogP contribution is 2.20. The molecule has 6 heteroatoms. The molecular formula is C14H18N2O4. The van der Waals surface area contributed by atoms with Crippen molar-refractivity contribution in [1.82, 2.24) is 0 Å². The number of nitrogens with one attached hydrogen (secondary N) is 1. The zero-order valence-electron chi connectivity index (χ0n) is 11.2. The fourth-order valence-corrected chi connectivity index (χ4v) is 2.29. The van der Waals surface area contributed by atoms with E-state index in [1.165, 1.54) is 30.7 Å². The van der Waals surface area contributed by atoms with Crippen molar-refractivity contribution in [2.45, 2.75) is 38.2 Å². The molecule has 0 unspecified atom stereocenters. The molecule has 108 valence electrons. The molecule has 1 aromatic carbocycles. The molecule has 1 amide bonds. The summed E-state index contributed by atoms with van der Waals surface area (Å²) in [6.07, 6.45) is 5.79. The molecule has 1 fully saturated rings. The van der Waals surface area contributed by atoms with E-state index < -0.39 is 4.92 Å². The van der Waals surface area contributed by atoms with Gasteiger partial charge >= 0.3 is 0 Å². The summed E-state index contributed by atoms with van der Waals surface area (Å²) in [5, 5.41) is 13.2. The summed E-state index contributed by atoms with van der Waals surface area (Å²) in [6.45, 7) is 0.0294. The second-order valence-corrected chi connectivity index (χ2v) is 4.92. The molecule has 1 aliphatic rings. The van der Waals surface area contributed by atoms with E-state index in [1.807, 2.05) is 0 Å². The van der Waals surface area contributed by atoms with Gasteiger partial charge in [-0.25, -0.2) is 0 Å². The predicted octanol–water partition coefficient (Wildman–Crippen LogP) is 2.88.